The van der Waals surface area contributed by atoms with Gasteiger partial charge in [0.25, 0.3) is 0 Å². The van der Waals surface area contributed by atoms with Gasteiger partial charge in [-0.15, -0.1) is 0 Å². The summed E-state index contributed by atoms with van der Waals surface area (Å²) in [7, 11) is 2.02. The van der Waals surface area contributed by atoms with Crippen molar-refractivity contribution in [2.45, 2.75) is 13.3 Å². The third kappa shape index (κ3) is 3.08. The minimum absolute atomic E-state index is 0.0850. The lowest BCUT2D eigenvalue weighted by atomic mass is 10.1. The highest BCUT2D eigenvalue weighted by molar-refractivity contribution is 6.09. The molecular weight excluding hydrogens is 297 g/mol. The van der Waals surface area contributed by atoms with Gasteiger partial charge >= 0.3 is 0 Å². The van der Waals surface area contributed by atoms with Crippen LogP contribution in [0.1, 0.15) is 12.0 Å². The molecule has 0 aliphatic carbocycles. The minimum atomic E-state index is -0.622. The van der Waals surface area contributed by atoms with Crippen molar-refractivity contribution in [3.63, 3.8) is 0 Å². The smallest absolute Gasteiger partial charge is 0.239 e. The standard InChI is InChI=1S/C17H22FN3O2/c1-12-3-4-13(11-15(12)18)21-6-5-14(17(21)23)16(22)20-9-7-19(2)8-10-20/h3-4,11,14H,5-10H2,1-2H3/t14-/m0/s1. The average Bonchev–Trinajstić information content (AvgIpc) is 2.92. The first-order valence-corrected chi connectivity index (χ1v) is 8.02. The summed E-state index contributed by atoms with van der Waals surface area (Å²) in [6.07, 6.45) is 0.500. The van der Waals surface area contributed by atoms with E-state index in [1.807, 2.05) is 7.05 Å². The number of piperazine rings is 1. The first-order chi connectivity index (χ1) is 11.0. The number of carbonyl (C=O) groups excluding carboxylic acids is 2. The van der Waals surface area contributed by atoms with Gasteiger partial charge in [0.15, 0.2) is 0 Å². The molecule has 2 saturated heterocycles. The van der Waals surface area contributed by atoms with Gasteiger partial charge in [-0.1, -0.05) is 6.07 Å². The molecule has 2 aliphatic rings. The minimum Gasteiger partial charge on any atom is -0.339 e. The number of hydrogen-bond acceptors (Lipinski definition) is 3. The predicted octanol–water partition coefficient (Wildman–Crippen LogP) is 1.26. The molecule has 0 saturated carbocycles. The fourth-order valence-electron chi connectivity index (χ4n) is 3.16. The molecule has 6 heteroatoms. The normalized spacial score (nSPS) is 22.7. The Morgan fingerprint density at radius 2 is 1.87 bits per heavy atom. The molecule has 3 rings (SSSR count). The Labute approximate surface area is 135 Å². The van der Waals surface area contributed by atoms with Gasteiger partial charge in [-0.3, -0.25) is 9.59 Å². The molecule has 23 heavy (non-hydrogen) atoms. The van der Waals surface area contributed by atoms with Crippen LogP contribution >= 0.6 is 0 Å². The number of anilines is 1. The monoisotopic (exact) mass is 319 g/mol. The lowest BCUT2D eigenvalue weighted by molar-refractivity contribution is -0.141. The van der Waals surface area contributed by atoms with Gasteiger partial charge in [0.2, 0.25) is 11.8 Å². The first-order valence-electron chi connectivity index (χ1n) is 8.02. The van der Waals surface area contributed by atoms with Crippen molar-refractivity contribution in [3.05, 3.63) is 29.6 Å². The van der Waals surface area contributed by atoms with Crippen LogP contribution in [-0.2, 0) is 9.59 Å². The molecule has 0 aromatic heterocycles. The summed E-state index contributed by atoms with van der Waals surface area (Å²) in [4.78, 5) is 30.7. The summed E-state index contributed by atoms with van der Waals surface area (Å²) in [6, 6.07) is 4.77. The van der Waals surface area contributed by atoms with Crippen LogP contribution in [0, 0.1) is 18.7 Å². The summed E-state index contributed by atoms with van der Waals surface area (Å²) in [5, 5.41) is 0. The number of halogens is 1. The highest BCUT2D eigenvalue weighted by Crippen LogP contribution is 2.28. The molecule has 1 aromatic rings. The third-order valence-corrected chi connectivity index (χ3v) is 4.79. The van der Waals surface area contributed by atoms with Gasteiger partial charge in [0, 0.05) is 38.4 Å². The Hall–Kier alpha value is -1.95. The molecule has 5 nitrogen and oxygen atoms in total. The van der Waals surface area contributed by atoms with Crippen LogP contribution in [0.15, 0.2) is 18.2 Å². The Bertz CT molecular complexity index is 626. The molecule has 2 aliphatic heterocycles. The van der Waals surface area contributed by atoms with Gasteiger partial charge in [0.1, 0.15) is 11.7 Å². The number of rotatable bonds is 2. The zero-order valence-corrected chi connectivity index (χ0v) is 13.6. The van der Waals surface area contributed by atoms with Gasteiger partial charge in [0.05, 0.1) is 0 Å². The largest absolute Gasteiger partial charge is 0.339 e. The van der Waals surface area contributed by atoms with Crippen LogP contribution < -0.4 is 4.90 Å². The van der Waals surface area contributed by atoms with E-state index in [4.69, 9.17) is 0 Å². The summed E-state index contributed by atoms with van der Waals surface area (Å²) < 4.78 is 13.7. The molecule has 0 unspecified atom stereocenters. The highest BCUT2D eigenvalue weighted by atomic mass is 19.1. The van der Waals surface area contributed by atoms with Crippen molar-refractivity contribution < 1.29 is 14.0 Å². The Balaban J connectivity index is 1.71. The molecule has 2 heterocycles. The molecule has 2 amide bonds. The summed E-state index contributed by atoms with van der Waals surface area (Å²) in [6.45, 7) is 5.14. The molecule has 1 atom stereocenters. The maximum Gasteiger partial charge on any atom is 0.239 e. The van der Waals surface area contributed by atoms with Crippen LogP contribution in [0.25, 0.3) is 0 Å². The van der Waals surface area contributed by atoms with E-state index in [-0.39, 0.29) is 17.6 Å². The third-order valence-electron chi connectivity index (χ3n) is 4.79. The van der Waals surface area contributed by atoms with Gasteiger partial charge in [-0.05, 0) is 38.1 Å². The number of amides is 2. The van der Waals surface area contributed by atoms with Crippen LogP contribution in [0.5, 0.6) is 0 Å². The molecule has 124 valence electrons. The fourth-order valence-corrected chi connectivity index (χ4v) is 3.16. The lowest BCUT2D eigenvalue weighted by Crippen LogP contribution is -2.50. The van der Waals surface area contributed by atoms with E-state index in [0.717, 1.165) is 13.1 Å². The van der Waals surface area contributed by atoms with Crippen molar-refractivity contribution in [1.29, 1.82) is 0 Å². The number of hydrogen-bond donors (Lipinski definition) is 0. The summed E-state index contributed by atoms with van der Waals surface area (Å²) >= 11 is 0. The van der Waals surface area contributed by atoms with Crippen LogP contribution in [0.3, 0.4) is 0 Å². The average molecular weight is 319 g/mol. The molecule has 0 radical (unpaired) electrons. The number of nitrogens with zero attached hydrogens (tertiary/aromatic N) is 3. The molecule has 0 N–H and O–H groups in total. The Morgan fingerprint density at radius 1 is 1.17 bits per heavy atom. The predicted molar refractivity (Wildman–Crippen MR) is 85.7 cm³/mol. The lowest BCUT2D eigenvalue weighted by Gasteiger charge is -2.33. The maximum atomic E-state index is 13.7. The quantitative estimate of drug-likeness (QED) is 0.771. The van der Waals surface area contributed by atoms with Crippen molar-refractivity contribution >= 4 is 17.5 Å². The van der Waals surface area contributed by atoms with E-state index in [2.05, 4.69) is 4.90 Å². The summed E-state index contributed by atoms with van der Waals surface area (Å²) in [5.41, 5.74) is 1.08. The van der Waals surface area contributed by atoms with Gasteiger partial charge < -0.3 is 14.7 Å². The van der Waals surface area contributed by atoms with E-state index in [1.54, 1.807) is 24.0 Å². The van der Waals surface area contributed by atoms with Gasteiger partial charge in [-0.25, -0.2) is 4.39 Å². The van der Waals surface area contributed by atoms with Crippen LogP contribution in [-0.4, -0.2) is 61.4 Å². The van der Waals surface area contributed by atoms with E-state index >= 15 is 0 Å². The highest BCUT2D eigenvalue weighted by Gasteiger charge is 2.40. The fraction of sp³-hybridized carbons (Fsp3) is 0.529. The molecule has 0 spiro atoms. The number of benzene rings is 1. The number of aryl methyl sites for hydroxylation is 1. The Morgan fingerprint density at radius 3 is 2.52 bits per heavy atom. The maximum absolute atomic E-state index is 13.7. The van der Waals surface area contributed by atoms with E-state index < -0.39 is 5.92 Å². The van der Waals surface area contributed by atoms with E-state index in [0.29, 0.717) is 37.3 Å². The van der Waals surface area contributed by atoms with Gasteiger partial charge in [-0.2, -0.15) is 0 Å². The van der Waals surface area contributed by atoms with Crippen LogP contribution in [0.4, 0.5) is 10.1 Å². The van der Waals surface area contributed by atoms with Crippen molar-refractivity contribution in [2.75, 3.05) is 44.7 Å². The summed E-state index contributed by atoms with van der Waals surface area (Å²) in [5.74, 6) is -1.25. The van der Waals surface area contributed by atoms with Crippen LogP contribution in [0.2, 0.25) is 0 Å². The number of likely N-dealkylation sites (N-methyl/N-ethyl adjacent to an activating group) is 1. The Kier molecular flexibility index (Phi) is 4.35. The molecule has 0 bridgehead atoms. The number of carbonyl (C=O) groups is 2. The second kappa shape index (κ2) is 6.28. The molecule has 2 fully saturated rings. The van der Waals surface area contributed by atoms with Crippen molar-refractivity contribution in [1.82, 2.24) is 9.80 Å². The SMILES string of the molecule is Cc1ccc(N2CC[C@@H](C(=O)N3CCN(C)CC3)C2=O)cc1F. The zero-order valence-electron chi connectivity index (χ0n) is 13.6. The van der Waals surface area contributed by atoms with Crippen molar-refractivity contribution in [3.8, 4) is 0 Å². The van der Waals surface area contributed by atoms with E-state index in [1.165, 1.54) is 11.0 Å². The first kappa shape index (κ1) is 15.9. The molecular formula is C17H22FN3O2. The zero-order chi connectivity index (χ0) is 16.6. The van der Waals surface area contributed by atoms with Crippen molar-refractivity contribution in [2.24, 2.45) is 5.92 Å². The van der Waals surface area contributed by atoms with E-state index in [9.17, 15) is 14.0 Å². The topological polar surface area (TPSA) is 43.9 Å². The second-order valence-corrected chi connectivity index (χ2v) is 6.39. The molecule has 1 aromatic carbocycles. The second-order valence-electron chi connectivity index (χ2n) is 6.39.